The topological polar surface area (TPSA) is 29.5 Å². The molecule has 0 radical (unpaired) electrons. The van der Waals surface area contributed by atoms with Gasteiger partial charge in [0.2, 0.25) is 5.91 Å². The van der Waals surface area contributed by atoms with Gasteiger partial charge in [-0.15, -0.1) is 11.8 Å². The lowest BCUT2D eigenvalue weighted by molar-refractivity contribution is -0.126. The van der Waals surface area contributed by atoms with Crippen LogP contribution in [0.25, 0.3) is 0 Å². The van der Waals surface area contributed by atoms with Crippen LogP contribution in [0.4, 0.5) is 0 Å². The smallest absolute Gasteiger partial charge is 0.236 e. The molecule has 1 heterocycles. The molecule has 0 saturated heterocycles. The van der Waals surface area contributed by atoms with Gasteiger partial charge in [-0.05, 0) is 30.9 Å². The number of thioether (sulfide) groups is 1. The predicted molar refractivity (Wildman–Crippen MR) is 74.6 cm³/mol. The minimum absolute atomic E-state index is 0.179. The number of carbonyl (C=O) groups excluding carboxylic acids is 1. The third-order valence-electron chi connectivity index (χ3n) is 2.70. The van der Waals surface area contributed by atoms with Gasteiger partial charge in [0.25, 0.3) is 0 Å². The quantitative estimate of drug-likeness (QED) is 0.765. The van der Waals surface area contributed by atoms with Crippen molar-refractivity contribution in [1.82, 2.24) is 4.90 Å². The van der Waals surface area contributed by atoms with Crippen LogP contribution in [-0.2, 0) is 4.79 Å². The van der Waals surface area contributed by atoms with E-state index in [1.807, 2.05) is 35.9 Å². The summed E-state index contributed by atoms with van der Waals surface area (Å²) in [6.07, 6.45) is 2.69. The number of hydrogen-bond donors (Lipinski definition) is 0. The Kier molecular flexibility index (Phi) is 4.70. The normalized spacial score (nSPS) is 14.9. The Labute approximate surface area is 112 Å². The monoisotopic (exact) mass is 263 g/mol. The number of carbonyl (C=O) groups is 1. The van der Waals surface area contributed by atoms with Gasteiger partial charge in [0, 0.05) is 12.7 Å². The van der Waals surface area contributed by atoms with E-state index in [0.717, 1.165) is 18.7 Å². The van der Waals surface area contributed by atoms with Crippen molar-refractivity contribution in [1.29, 1.82) is 0 Å². The molecule has 0 fully saturated rings. The van der Waals surface area contributed by atoms with Gasteiger partial charge in [0.05, 0.1) is 12.4 Å². The zero-order valence-electron chi connectivity index (χ0n) is 10.5. The second-order valence-corrected chi connectivity index (χ2v) is 5.09. The van der Waals surface area contributed by atoms with Crippen molar-refractivity contribution in [3.05, 3.63) is 41.4 Å². The number of benzene rings is 1. The lowest BCUT2D eigenvalue weighted by atomic mass is 10.2. The fraction of sp³-hybridized carbons (Fsp3) is 0.357. The number of ether oxygens (including phenoxy) is 1. The molecular formula is C14H17NO2S. The van der Waals surface area contributed by atoms with Gasteiger partial charge < -0.3 is 9.64 Å². The van der Waals surface area contributed by atoms with Gasteiger partial charge in [0.1, 0.15) is 5.75 Å². The first-order chi connectivity index (χ1) is 8.75. The Balaban J connectivity index is 1.69. The van der Waals surface area contributed by atoms with Gasteiger partial charge in [-0.3, -0.25) is 4.79 Å². The Morgan fingerprint density at radius 2 is 2.11 bits per heavy atom. The molecular weight excluding hydrogens is 246 g/mol. The molecule has 1 aliphatic heterocycles. The highest BCUT2D eigenvalue weighted by Gasteiger charge is 2.13. The van der Waals surface area contributed by atoms with Crippen LogP contribution in [0.5, 0.6) is 5.75 Å². The van der Waals surface area contributed by atoms with E-state index in [0.29, 0.717) is 12.4 Å². The minimum atomic E-state index is 0.179. The number of hydrogen-bond acceptors (Lipinski definition) is 3. The molecule has 0 saturated carbocycles. The first-order valence-electron chi connectivity index (χ1n) is 6.03. The zero-order valence-corrected chi connectivity index (χ0v) is 11.3. The summed E-state index contributed by atoms with van der Waals surface area (Å²) >= 11 is 1.54. The van der Waals surface area contributed by atoms with E-state index < -0.39 is 0 Å². The summed E-state index contributed by atoms with van der Waals surface area (Å²) in [6.45, 7) is 3.41. The maximum atomic E-state index is 11.5. The minimum Gasteiger partial charge on any atom is -0.494 e. The van der Waals surface area contributed by atoms with E-state index in [2.05, 4.69) is 6.92 Å². The summed E-state index contributed by atoms with van der Waals surface area (Å²) in [7, 11) is 0. The lowest BCUT2D eigenvalue weighted by Gasteiger charge is -2.20. The van der Waals surface area contributed by atoms with Crippen molar-refractivity contribution in [2.75, 3.05) is 18.9 Å². The molecule has 1 aromatic rings. The molecule has 3 nitrogen and oxygen atoms in total. The van der Waals surface area contributed by atoms with Crippen molar-refractivity contribution >= 4 is 17.7 Å². The van der Waals surface area contributed by atoms with Gasteiger partial charge in [-0.1, -0.05) is 17.7 Å². The van der Waals surface area contributed by atoms with E-state index in [9.17, 15) is 4.79 Å². The molecule has 1 aliphatic rings. The fourth-order valence-corrected chi connectivity index (χ4v) is 2.30. The molecule has 1 aromatic carbocycles. The number of nitrogens with zero attached hydrogens (tertiary/aromatic N) is 1. The third-order valence-corrected chi connectivity index (χ3v) is 3.43. The highest BCUT2D eigenvalue weighted by Crippen LogP contribution is 2.14. The van der Waals surface area contributed by atoms with Gasteiger partial charge in [-0.25, -0.2) is 0 Å². The molecule has 2 rings (SSSR count). The molecule has 0 aromatic heterocycles. The van der Waals surface area contributed by atoms with Crippen molar-refractivity contribution in [3.8, 4) is 5.75 Å². The molecule has 0 spiro atoms. The van der Waals surface area contributed by atoms with E-state index in [4.69, 9.17) is 4.74 Å². The summed E-state index contributed by atoms with van der Waals surface area (Å²) in [4.78, 5) is 13.3. The molecule has 0 unspecified atom stereocenters. The zero-order chi connectivity index (χ0) is 12.8. The van der Waals surface area contributed by atoms with Crippen molar-refractivity contribution in [3.63, 3.8) is 0 Å². The summed E-state index contributed by atoms with van der Waals surface area (Å²) in [5, 5.41) is 1.96. The number of amides is 1. The average Bonchev–Trinajstić information content (AvgIpc) is 2.39. The van der Waals surface area contributed by atoms with Crippen LogP contribution >= 0.6 is 11.8 Å². The summed E-state index contributed by atoms with van der Waals surface area (Å²) in [5.74, 6) is 1.62. The van der Waals surface area contributed by atoms with Crippen LogP contribution in [-0.4, -0.2) is 29.7 Å². The molecule has 96 valence electrons. The second-order valence-electron chi connectivity index (χ2n) is 4.20. The highest BCUT2D eigenvalue weighted by atomic mass is 32.2. The van der Waals surface area contributed by atoms with E-state index in [1.165, 1.54) is 5.56 Å². The van der Waals surface area contributed by atoms with Gasteiger partial charge in [0.15, 0.2) is 0 Å². The maximum Gasteiger partial charge on any atom is 0.236 e. The largest absolute Gasteiger partial charge is 0.494 e. The maximum absolute atomic E-state index is 11.5. The summed E-state index contributed by atoms with van der Waals surface area (Å²) in [6, 6.07) is 8.00. The number of aryl methyl sites for hydroxylation is 1. The molecule has 0 bridgehead atoms. The lowest BCUT2D eigenvalue weighted by Crippen LogP contribution is -2.30. The van der Waals surface area contributed by atoms with E-state index >= 15 is 0 Å². The van der Waals surface area contributed by atoms with Crippen LogP contribution in [0.2, 0.25) is 0 Å². The van der Waals surface area contributed by atoms with Gasteiger partial charge >= 0.3 is 0 Å². The van der Waals surface area contributed by atoms with Crippen LogP contribution in [0.3, 0.4) is 0 Å². The molecule has 0 atom stereocenters. The predicted octanol–water partition coefficient (Wildman–Crippen LogP) is 2.81. The number of rotatable bonds is 5. The molecule has 4 heteroatoms. The summed E-state index contributed by atoms with van der Waals surface area (Å²) < 4.78 is 5.62. The van der Waals surface area contributed by atoms with Crippen LogP contribution < -0.4 is 4.74 Å². The molecule has 0 aliphatic carbocycles. The second kappa shape index (κ2) is 6.50. The molecule has 1 amide bonds. The Morgan fingerprint density at radius 3 is 2.83 bits per heavy atom. The van der Waals surface area contributed by atoms with Gasteiger partial charge in [-0.2, -0.15) is 0 Å². The Bertz CT molecular complexity index is 428. The van der Waals surface area contributed by atoms with Crippen molar-refractivity contribution in [2.24, 2.45) is 0 Å². The Hall–Kier alpha value is -1.42. The van der Waals surface area contributed by atoms with E-state index in [-0.39, 0.29) is 5.91 Å². The van der Waals surface area contributed by atoms with Crippen molar-refractivity contribution < 1.29 is 9.53 Å². The van der Waals surface area contributed by atoms with E-state index in [1.54, 1.807) is 16.7 Å². The molecule has 18 heavy (non-hydrogen) atoms. The molecule has 0 N–H and O–H groups in total. The first-order valence-corrected chi connectivity index (χ1v) is 7.08. The summed E-state index contributed by atoms with van der Waals surface area (Å²) in [5.41, 5.74) is 1.23. The highest BCUT2D eigenvalue weighted by molar-refractivity contribution is 8.02. The third kappa shape index (κ3) is 3.81. The first kappa shape index (κ1) is 13.0. The van der Waals surface area contributed by atoms with Crippen LogP contribution in [0, 0.1) is 6.92 Å². The standard InChI is InChI=1S/C14H17NO2S/c1-12-3-5-13(6-4-12)17-9-2-7-15-8-10-18-11-14(15)16/h3-6,8,10H,2,7,9,11H2,1H3. The van der Waals surface area contributed by atoms with Crippen molar-refractivity contribution in [2.45, 2.75) is 13.3 Å². The van der Waals surface area contributed by atoms with Crippen LogP contribution in [0.1, 0.15) is 12.0 Å². The SMILES string of the molecule is Cc1ccc(OCCCN2C=CSCC2=O)cc1. The Morgan fingerprint density at radius 1 is 1.33 bits per heavy atom. The fourth-order valence-electron chi connectivity index (χ4n) is 1.66. The average molecular weight is 263 g/mol. The van der Waals surface area contributed by atoms with Crippen LogP contribution in [0.15, 0.2) is 35.9 Å².